The van der Waals surface area contributed by atoms with Crippen LogP contribution >= 0.6 is 0 Å². The Kier molecular flexibility index (Phi) is 31.2. The topological polar surface area (TPSA) is 0 Å². The van der Waals surface area contributed by atoms with E-state index in [1.165, 1.54) is 38.5 Å². The molecule has 0 bridgehead atoms. The minimum absolute atomic E-state index is 0.671. The summed E-state index contributed by atoms with van der Waals surface area (Å²) in [4.78, 5) is 0. The van der Waals surface area contributed by atoms with Gasteiger partial charge in [-0.15, -0.1) is 0 Å². The molecule has 0 heterocycles. The summed E-state index contributed by atoms with van der Waals surface area (Å²) in [7, 11) is 0. The molecule has 0 radical (unpaired) electrons. The molecule has 300 valence electrons. The van der Waals surface area contributed by atoms with Crippen molar-refractivity contribution in [3.05, 3.63) is 0 Å². The van der Waals surface area contributed by atoms with Gasteiger partial charge in [0.25, 0.3) is 28.3 Å². The SMILES string of the molecule is CC(C)C([CH2][Al]([CH2]C(C(C)C)C(C)C)[CH2]C(C(C)C)C(C)C)C(C)C.CCC(C)C(CC)[CH2][Al]([CH2]C(CC)C(C)CC)[CH2]C(CC)C(C)CC. The molecule has 0 nitrogen and oxygen atoms in total. The summed E-state index contributed by atoms with van der Waals surface area (Å²) in [5, 5.41) is 9.56. The first-order valence-electron chi connectivity index (χ1n) is 23.3. The Labute approximate surface area is 330 Å². The van der Waals surface area contributed by atoms with E-state index in [0.29, 0.717) is 0 Å². The molecule has 0 aromatic heterocycles. The molecule has 6 unspecified atom stereocenters. The third kappa shape index (κ3) is 21.2. The zero-order valence-corrected chi connectivity index (χ0v) is 41.6. The lowest BCUT2D eigenvalue weighted by Crippen LogP contribution is -2.32. The highest BCUT2D eigenvalue weighted by Gasteiger charge is 2.34. The predicted molar refractivity (Wildman–Crippen MR) is 240 cm³/mol. The fourth-order valence-electron chi connectivity index (χ4n) is 10.4. The summed E-state index contributed by atoms with van der Waals surface area (Å²) in [5.74, 6) is 13.5. The Morgan fingerprint density at radius 2 is 0.440 bits per heavy atom. The van der Waals surface area contributed by atoms with Crippen LogP contribution < -0.4 is 0 Å². The molecular weight excluding hydrogens is 630 g/mol. The first kappa shape index (κ1) is 53.2. The molecule has 6 atom stereocenters. The smallest absolute Gasteiger partial charge is 0.0908 e. The Morgan fingerprint density at radius 1 is 0.260 bits per heavy atom. The van der Waals surface area contributed by atoms with Gasteiger partial charge in [-0.1, -0.05) is 233 Å². The Balaban J connectivity index is 0. The van der Waals surface area contributed by atoms with E-state index in [1.54, 1.807) is 31.7 Å². The lowest BCUT2D eigenvalue weighted by Gasteiger charge is -2.35. The highest BCUT2D eigenvalue weighted by Crippen LogP contribution is 2.38. The van der Waals surface area contributed by atoms with Crippen molar-refractivity contribution in [2.75, 3.05) is 0 Å². The second-order valence-corrected chi connectivity index (χ2v) is 26.6. The van der Waals surface area contributed by atoms with E-state index in [0.717, 1.165) is 88.8 Å². The molecule has 0 aliphatic heterocycles. The molecule has 0 saturated heterocycles. The molecule has 0 aromatic carbocycles. The summed E-state index contributed by atoms with van der Waals surface area (Å²) >= 11 is -1.41. The van der Waals surface area contributed by atoms with Crippen molar-refractivity contribution in [2.24, 2.45) is 88.8 Å². The van der Waals surface area contributed by atoms with Crippen molar-refractivity contribution in [1.82, 2.24) is 0 Å². The summed E-state index contributed by atoms with van der Waals surface area (Å²) in [5.41, 5.74) is 0. The molecule has 0 spiro atoms. The zero-order chi connectivity index (χ0) is 39.3. The molecule has 0 rings (SSSR count). The van der Waals surface area contributed by atoms with Crippen LogP contribution in [0, 0.1) is 88.8 Å². The van der Waals surface area contributed by atoms with Crippen molar-refractivity contribution >= 4 is 28.3 Å². The normalized spacial score (nSPS) is 16.2. The van der Waals surface area contributed by atoms with Crippen LogP contribution in [0.25, 0.3) is 0 Å². The van der Waals surface area contributed by atoms with Gasteiger partial charge in [0.1, 0.15) is 0 Å². The molecule has 0 aliphatic rings. The van der Waals surface area contributed by atoms with Gasteiger partial charge in [0.05, 0.1) is 0 Å². The number of hydrogen-bond donors (Lipinski definition) is 0. The van der Waals surface area contributed by atoms with Crippen molar-refractivity contribution in [3.8, 4) is 0 Å². The van der Waals surface area contributed by atoms with E-state index in [1.807, 2.05) is 0 Å². The van der Waals surface area contributed by atoms with Gasteiger partial charge in [-0.25, -0.2) is 0 Å². The van der Waals surface area contributed by atoms with Gasteiger partial charge in [-0.05, 0) is 71.0 Å². The van der Waals surface area contributed by atoms with Gasteiger partial charge in [-0.3, -0.25) is 0 Å². The number of rotatable bonds is 27. The van der Waals surface area contributed by atoms with Crippen molar-refractivity contribution in [1.29, 1.82) is 0 Å². The molecule has 0 fully saturated rings. The standard InChI is InChI=1S/6C8H17.2Al/c3*1-6(2)8(5)7(3)4;3*1-5-7(3)8(4)6-2;;/h3*6-8H,5H2,1-4H3;3*7-8H,3,5-6H2,1-2,4H3;;. The van der Waals surface area contributed by atoms with Crippen molar-refractivity contribution < 1.29 is 0 Å². The molecule has 2 heteroatoms. The van der Waals surface area contributed by atoms with E-state index in [2.05, 4.69) is 145 Å². The third-order valence-corrected chi connectivity index (χ3v) is 22.2. The second kappa shape index (κ2) is 29.4. The molecule has 0 aliphatic carbocycles. The molecule has 50 heavy (non-hydrogen) atoms. The first-order chi connectivity index (χ1) is 23.3. The summed E-state index contributed by atoms with van der Waals surface area (Å²) in [6.45, 7) is 51.6. The quantitative estimate of drug-likeness (QED) is 0.0738. The van der Waals surface area contributed by atoms with Gasteiger partial charge in [0, 0.05) is 0 Å². The minimum Gasteiger partial charge on any atom is -0.0908 e. The maximum absolute atomic E-state index is 2.51. The van der Waals surface area contributed by atoms with Gasteiger partial charge in [0.15, 0.2) is 0 Å². The van der Waals surface area contributed by atoms with E-state index >= 15 is 0 Å². The largest absolute Gasteiger partial charge is 0.262 e. The Hall–Kier alpha value is 1.06. The highest BCUT2D eigenvalue weighted by molar-refractivity contribution is 6.59. The Bertz CT molecular complexity index is 629. The monoisotopic (exact) mass is 733 g/mol. The van der Waals surface area contributed by atoms with Crippen LogP contribution in [0.3, 0.4) is 0 Å². The van der Waals surface area contributed by atoms with E-state index < -0.39 is 28.3 Å². The van der Waals surface area contributed by atoms with Gasteiger partial charge in [0.2, 0.25) is 0 Å². The highest BCUT2D eigenvalue weighted by atomic mass is 27.2. The van der Waals surface area contributed by atoms with Crippen LogP contribution in [0.15, 0.2) is 0 Å². The fourth-order valence-corrected chi connectivity index (χ4v) is 22.1. The predicted octanol–water partition coefficient (Wildman–Crippen LogP) is 17.0. The molecule has 0 N–H and O–H groups in total. The van der Waals surface area contributed by atoms with E-state index in [9.17, 15) is 0 Å². The minimum atomic E-state index is -0.744. The van der Waals surface area contributed by atoms with Gasteiger partial charge < -0.3 is 0 Å². The average molecular weight is 733 g/mol. The zero-order valence-electron chi connectivity index (χ0n) is 39.3. The van der Waals surface area contributed by atoms with Crippen LogP contribution in [-0.2, 0) is 0 Å². The number of hydrogen-bond acceptors (Lipinski definition) is 0. The average Bonchev–Trinajstić information content (AvgIpc) is 3.05. The maximum atomic E-state index is 2.51. The van der Waals surface area contributed by atoms with Gasteiger partial charge in [-0.2, -0.15) is 0 Å². The van der Waals surface area contributed by atoms with Crippen molar-refractivity contribution in [3.63, 3.8) is 0 Å². The van der Waals surface area contributed by atoms with Crippen LogP contribution in [0.1, 0.15) is 184 Å². The van der Waals surface area contributed by atoms with Crippen molar-refractivity contribution in [2.45, 2.75) is 216 Å². The maximum Gasteiger partial charge on any atom is 0.262 e. The second-order valence-electron chi connectivity index (χ2n) is 20.3. The van der Waals surface area contributed by atoms with Crippen LogP contribution in [0.4, 0.5) is 0 Å². The lowest BCUT2D eigenvalue weighted by atomic mass is 9.86. The molecule has 0 amide bonds. The van der Waals surface area contributed by atoms with Crippen LogP contribution in [-0.4, -0.2) is 28.3 Å². The summed E-state index contributed by atoms with van der Waals surface area (Å²) in [6.07, 6.45) is 8.30. The van der Waals surface area contributed by atoms with Crippen LogP contribution in [0.2, 0.25) is 31.7 Å². The lowest BCUT2D eigenvalue weighted by molar-refractivity contribution is 0.288. The summed E-state index contributed by atoms with van der Waals surface area (Å²) < 4.78 is 0. The summed E-state index contributed by atoms with van der Waals surface area (Å²) in [6, 6.07) is 0. The Morgan fingerprint density at radius 3 is 0.580 bits per heavy atom. The molecule has 0 aromatic rings. The first-order valence-corrected chi connectivity index (χ1v) is 28.2. The molecule has 0 saturated carbocycles. The molecular formula is C48H102Al2. The van der Waals surface area contributed by atoms with Crippen LogP contribution in [0.5, 0.6) is 0 Å². The van der Waals surface area contributed by atoms with Gasteiger partial charge >= 0.3 is 0 Å². The fraction of sp³-hybridized carbons (Fsp3) is 1.00. The van der Waals surface area contributed by atoms with E-state index in [4.69, 9.17) is 0 Å². The third-order valence-electron chi connectivity index (χ3n) is 14.8. The van der Waals surface area contributed by atoms with E-state index in [-0.39, 0.29) is 0 Å².